The molecule has 1 aromatic carbocycles. The number of nitrogens with zero attached hydrogens (tertiary/aromatic N) is 2. The molecule has 5 nitrogen and oxygen atoms in total. The molecule has 2 aromatic rings. The molecule has 0 spiro atoms. The number of hydrogen-bond acceptors (Lipinski definition) is 4. The number of pyridine rings is 1. The Kier molecular flexibility index (Phi) is 3.56. The molecule has 2 rings (SSSR count). The molecule has 0 fully saturated rings. The average Bonchev–Trinajstić information content (AvgIpc) is 2.40. The van der Waals surface area contributed by atoms with E-state index in [1.54, 1.807) is 24.3 Å². The molecule has 1 atom stereocenters. The minimum atomic E-state index is -1.26. The molecular weight excluding hydrogens is 238 g/mol. The molecule has 0 bridgehead atoms. The summed E-state index contributed by atoms with van der Waals surface area (Å²) in [6, 6.07) is 12.3. The van der Waals surface area contributed by atoms with Crippen LogP contribution in [0.2, 0.25) is 0 Å². The zero-order valence-electron chi connectivity index (χ0n) is 8.74. The van der Waals surface area contributed by atoms with Gasteiger partial charge in [-0.3, -0.25) is 0 Å². The lowest BCUT2D eigenvalue weighted by molar-refractivity contribution is 0.683. The van der Waals surface area contributed by atoms with Crippen LogP contribution in [0.1, 0.15) is 0 Å². The van der Waals surface area contributed by atoms with E-state index in [1.807, 2.05) is 18.2 Å². The maximum Gasteiger partial charge on any atom is 0.148 e. The van der Waals surface area contributed by atoms with Crippen LogP contribution >= 0.6 is 0 Å². The van der Waals surface area contributed by atoms with Gasteiger partial charge in [0.1, 0.15) is 5.82 Å². The lowest BCUT2D eigenvalue weighted by Gasteiger charge is -2.02. The first-order valence-electron chi connectivity index (χ1n) is 4.82. The van der Waals surface area contributed by atoms with Crippen molar-refractivity contribution < 1.29 is 4.21 Å². The Labute approximate surface area is 100 Å². The summed E-state index contributed by atoms with van der Waals surface area (Å²) in [6.07, 6.45) is 1.45. The molecule has 0 aliphatic rings. The predicted molar refractivity (Wildman–Crippen MR) is 64.8 cm³/mol. The van der Waals surface area contributed by atoms with Gasteiger partial charge in [-0.2, -0.15) is 0 Å². The summed E-state index contributed by atoms with van der Waals surface area (Å²) in [4.78, 5) is 15.2. The quantitative estimate of drug-likeness (QED) is 0.665. The Balaban J connectivity index is 2.23. The summed E-state index contributed by atoms with van der Waals surface area (Å²) in [5, 5.41) is 2.50. The van der Waals surface area contributed by atoms with Gasteiger partial charge in [-0.05, 0) is 24.3 Å². The van der Waals surface area contributed by atoms with Gasteiger partial charge in [0.2, 0.25) is 0 Å². The largest absolute Gasteiger partial charge is 0.249 e. The number of anilines is 1. The summed E-state index contributed by atoms with van der Waals surface area (Å²) in [7, 11) is -1.26. The summed E-state index contributed by atoms with van der Waals surface area (Å²) in [6.45, 7) is 0. The number of nitrogens with one attached hydrogen (secondary N) is 1. The first kappa shape index (κ1) is 11.4. The van der Waals surface area contributed by atoms with Gasteiger partial charge >= 0.3 is 0 Å². The van der Waals surface area contributed by atoms with E-state index in [1.165, 1.54) is 6.20 Å². The van der Waals surface area contributed by atoms with Gasteiger partial charge < -0.3 is 0 Å². The number of aromatic nitrogens is 1. The highest BCUT2D eigenvalue weighted by molar-refractivity contribution is 7.85. The van der Waals surface area contributed by atoms with E-state index in [2.05, 4.69) is 15.7 Å². The van der Waals surface area contributed by atoms with Crippen LogP contribution in [0.3, 0.4) is 0 Å². The molecule has 0 unspecified atom stereocenters. The summed E-state index contributed by atoms with van der Waals surface area (Å²) >= 11 is 0. The fourth-order valence-electron chi connectivity index (χ4n) is 1.28. The third-order valence-corrected chi connectivity index (χ3v) is 3.44. The molecular formula is C11H9N3O2S. The van der Waals surface area contributed by atoms with Crippen LogP contribution in [0, 0.1) is 4.91 Å². The molecule has 0 radical (unpaired) electrons. The molecule has 0 saturated heterocycles. The first-order valence-corrected chi connectivity index (χ1v) is 5.97. The first-order chi connectivity index (χ1) is 8.31. The van der Waals surface area contributed by atoms with Gasteiger partial charge in [-0.15, -0.1) is 4.91 Å². The molecule has 1 N–H and O–H groups in total. The van der Waals surface area contributed by atoms with E-state index in [-0.39, 0.29) is 0 Å². The smallest absolute Gasteiger partial charge is 0.148 e. The van der Waals surface area contributed by atoms with Crippen LogP contribution in [-0.2, 0) is 10.8 Å². The Bertz CT molecular complexity index is 528. The second-order valence-corrected chi connectivity index (χ2v) is 4.64. The van der Waals surface area contributed by atoms with E-state index in [9.17, 15) is 9.12 Å². The molecule has 0 aliphatic heterocycles. The van der Waals surface area contributed by atoms with Crippen molar-refractivity contribution in [2.45, 2.75) is 9.79 Å². The highest BCUT2D eigenvalue weighted by atomic mass is 32.2. The average molecular weight is 247 g/mol. The Morgan fingerprint density at radius 3 is 2.41 bits per heavy atom. The molecule has 0 aliphatic carbocycles. The lowest BCUT2D eigenvalue weighted by atomic mass is 10.4. The Morgan fingerprint density at radius 2 is 1.82 bits per heavy atom. The number of benzene rings is 1. The predicted octanol–water partition coefficient (Wildman–Crippen LogP) is 2.34. The monoisotopic (exact) mass is 247 g/mol. The maximum absolute atomic E-state index is 12.1. The third kappa shape index (κ3) is 2.73. The van der Waals surface area contributed by atoms with Crippen molar-refractivity contribution in [2.75, 3.05) is 5.43 Å². The normalized spacial score (nSPS) is 11.8. The van der Waals surface area contributed by atoms with Crippen molar-refractivity contribution in [2.24, 2.45) is 5.29 Å². The maximum atomic E-state index is 12.1. The Hall–Kier alpha value is -2.08. The summed E-state index contributed by atoms with van der Waals surface area (Å²) in [5.74, 6) is 0.328. The molecule has 6 heteroatoms. The van der Waals surface area contributed by atoms with Crippen molar-refractivity contribution in [3.8, 4) is 0 Å². The minimum Gasteiger partial charge on any atom is -0.249 e. The van der Waals surface area contributed by atoms with E-state index in [0.29, 0.717) is 15.6 Å². The highest BCUT2D eigenvalue weighted by Crippen LogP contribution is 2.16. The summed E-state index contributed by atoms with van der Waals surface area (Å²) in [5.41, 5.74) is 2.17. The van der Waals surface area contributed by atoms with Crippen LogP contribution in [0.25, 0.3) is 0 Å². The van der Waals surface area contributed by atoms with Crippen LogP contribution in [0.5, 0.6) is 0 Å². The molecule has 0 saturated carbocycles. The van der Waals surface area contributed by atoms with Gasteiger partial charge in [0.15, 0.2) is 0 Å². The zero-order chi connectivity index (χ0) is 12.1. The van der Waals surface area contributed by atoms with E-state index >= 15 is 0 Å². The van der Waals surface area contributed by atoms with Crippen LogP contribution in [0.4, 0.5) is 5.82 Å². The topological polar surface area (TPSA) is 71.4 Å². The summed E-state index contributed by atoms with van der Waals surface area (Å²) < 4.78 is 12.1. The minimum absolute atomic E-state index is 0.328. The van der Waals surface area contributed by atoms with Gasteiger partial charge in [-0.25, -0.2) is 14.6 Å². The van der Waals surface area contributed by atoms with E-state index < -0.39 is 10.8 Å². The molecule has 17 heavy (non-hydrogen) atoms. The van der Waals surface area contributed by atoms with Gasteiger partial charge in [0.25, 0.3) is 0 Å². The van der Waals surface area contributed by atoms with Crippen molar-refractivity contribution in [3.05, 3.63) is 53.6 Å². The van der Waals surface area contributed by atoms with Gasteiger partial charge in [-0.1, -0.05) is 18.2 Å². The zero-order valence-corrected chi connectivity index (χ0v) is 9.55. The highest BCUT2D eigenvalue weighted by Gasteiger charge is 2.06. The van der Waals surface area contributed by atoms with Crippen molar-refractivity contribution in [1.82, 2.24) is 4.98 Å². The van der Waals surface area contributed by atoms with Gasteiger partial charge in [0, 0.05) is 11.1 Å². The molecule has 1 aromatic heterocycles. The standard InChI is InChI=1S/C11H9N3O2S/c15-14-13-11-7-6-10(8-12-11)17(16)9-4-2-1-3-5-9/h1-8H,(H,12,13,15)/t17-/m0/s1. The third-order valence-electron chi connectivity index (χ3n) is 2.07. The van der Waals surface area contributed by atoms with E-state index in [4.69, 9.17) is 0 Å². The fourth-order valence-corrected chi connectivity index (χ4v) is 2.30. The van der Waals surface area contributed by atoms with Crippen molar-refractivity contribution in [1.29, 1.82) is 0 Å². The molecule has 0 amide bonds. The molecule has 86 valence electrons. The van der Waals surface area contributed by atoms with E-state index in [0.717, 1.165) is 0 Å². The SMILES string of the molecule is O=NNc1ccc([S@@](=O)c2ccccc2)cn1. The van der Waals surface area contributed by atoms with Crippen molar-refractivity contribution in [3.63, 3.8) is 0 Å². The van der Waals surface area contributed by atoms with Crippen LogP contribution in [-0.4, -0.2) is 9.19 Å². The van der Waals surface area contributed by atoms with Crippen LogP contribution < -0.4 is 5.43 Å². The lowest BCUT2D eigenvalue weighted by Crippen LogP contribution is -1.95. The fraction of sp³-hybridized carbons (Fsp3) is 0. The second kappa shape index (κ2) is 5.31. The van der Waals surface area contributed by atoms with Gasteiger partial charge in [0.05, 0.1) is 21.0 Å². The number of rotatable bonds is 4. The van der Waals surface area contributed by atoms with Crippen molar-refractivity contribution >= 4 is 16.6 Å². The second-order valence-electron chi connectivity index (χ2n) is 3.16. The number of hydrogen-bond donors (Lipinski definition) is 1. The van der Waals surface area contributed by atoms with Crippen LogP contribution in [0.15, 0.2) is 63.7 Å². The molecule has 1 heterocycles. The Morgan fingerprint density at radius 1 is 1.06 bits per heavy atom. The number of nitroso groups, excluding NO2 is 1.